The van der Waals surface area contributed by atoms with Crippen LogP contribution in [-0.2, 0) is 10.8 Å². The van der Waals surface area contributed by atoms with Crippen molar-refractivity contribution in [3.8, 4) is 22.3 Å². The zero-order chi connectivity index (χ0) is 38.1. The Balaban J connectivity index is 1.24. The van der Waals surface area contributed by atoms with Crippen molar-refractivity contribution in [3.05, 3.63) is 276 Å². The first kappa shape index (κ1) is 33.1. The van der Waals surface area contributed by atoms with Gasteiger partial charge < -0.3 is 4.90 Å². The fraction of sp³-hybridized carbons (Fsp3) is 0.0357. The second-order valence-electron chi connectivity index (χ2n) is 15.2. The number of anilines is 3. The molecule has 11 rings (SSSR count). The number of allylic oxidation sites excluding steroid dienone is 4. The van der Waals surface area contributed by atoms with Gasteiger partial charge in [0, 0.05) is 16.9 Å². The molecular formula is C56H39N. The van der Waals surface area contributed by atoms with Gasteiger partial charge in [0.2, 0.25) is 0 Å². The molecule has 3 aliphatic rings. The van der Waals surface area contributed by atoms with Gasteiger partial charge in [-0.3, -0.25) is 0 Å². The van der Waals surface area contributed by atoms with Gasteiger partial charge in [-0.1, -0.05) is 195 Å². The molecule has 3 aliphatic carbocycles. The van der Waals surface area contributed by atoms with E-state index in [1.54, 1.807) is 0 Å². The number of fused-ring (bicyclic) bond motifs is 10. The quantitative estimate of drug-likeness (QED) is 0.158. The third-order valence-corrected chi connectivity index (χ3v) is 12.7. The Morgan fingerprint density at radius 1 is 0.368 bits per heavy atom. The fourth-order valence-electron chi connectivity index (χ4n) is 10.7. The molecule has 1 unspecified atom stereocenters. The third-order valence-electron chi connectivity index (χ3n) is 12.7. The average molecular weight is 726 g/mol. The van der Waals surface area contributed by atoms with Gasteiger partial charge in [0.15, 0.2) is 0 Å². The van der Waals surface area contributed by atoms with Crippen molar-refractivity contribution in [2.75, 3.05) is 4.90 Å². The van der Waals surface area contributed by atoms with E-state index in [1.807, 2.05) is 6.08 Å². The van der Waals surface area contributed by atoms with Crippen LogP contribution in [0, 0.1) is 0 Å². The first-order valence-electron chi connectivity index (χ1n) is 19.8. The smallest absolute Gasteiger partial charge is 0.0745 e. The van der Waals surface area contributed by atoms with Gasteiger partial charge in [0.05, 0.1) is 16.5 Å². The number of nitrogens with zero attached hydrogens (tertiary/aromatic N) is 1. The van der Waals surface area contributed by atoms with Gasteiger partial charge in [-0.2, -0.15) is 0 Å². The van der Waals surface area contributed by atoms with E-state index in [0.29, 0.717) is 0 Å². The molecule has 0 N–H and O–H groups in total. The summed E-state index contributed by atoms with van der Waals surface area (Å²) in [5.74, 6) is 0. The number of benzene rings is 8. The predicted molar refractivity (Wildman–Crippen MR) is 238 cm³/mol. The minimum atomic E-state index is -0.595. The maximum atomic E-state index is 4.49. The van der Waals surface area contributed by atoms with Crippen LogP contribution < -0.4 is 4.90 Å². The lowest BCUT2D eigenvalue weighted by Gasteiger charge is -2.37. The lowest BCUT2D eigenvalue weighted by molar-refractivity contribution is 0.768. The number of rotatable bonds is 7. The molecule has 0 fully saturated rings. The molecule has 57 heavy (non-hydrogen) atoms. The molecule has 0 aromatic heterocycles. The van der Waals surface area contributed by atoms with Gasteiger partial charge in [0.1, 0.15) is 0 Å². The molecule has 1 atom stereocenters. The summed E-state index contributed by atoms with van der Waals surface area (Å²) in [5.41, 5.74) is 19.6. The van der Waals surface area contributed by atoms with Crippen molar-refractivity contribution in [3.63, 3.8) is 0 Å². The van der Waals surface area contributed by atoms with Gasteiger partial charge in [-0.25, -0.2) is 0 Å². The number of para-hydroxylation sites is 1. The predicted octanol–water partition coefficient (Wildman–Crippen LogP) is 14.0. The van der Waals surface area contributed by atoms with E-state index in [1.165, 1.54) is 72.3 Å². The Labute approximate surface area is 334 Å². The van der Waals surface area contributed by atoms with Crippen molar-refractivity contribution < 1.29 is 0 Å². The topological polar surface area (TPSA) is 3.24 Å². The molecule has 0 amide bonds. The van der Waals surface area contributed by atoms with E-state index in [2.05, 4.69) is 224 Å². The highest BCUT2D eigenvalue weighted by molar-refractivity contribution is 6.01. The highest BCUT2D eigenvalue weighted by atomic mass is 15.1. The van der Waals surface area contributed by atoms with E-state index in [0.717, 1.165) is 22.6 Å². The van der Waals surface area contributed by atoms with Crippen molar-refractivity contribution in [2.45, 2.75) is 10.8 Å². The molecule has 268 valence electrons. The van der Waals surface area contributed by atoms with Crippen LogP contribution in [0.3, 0.4) is 0 Å². The molecule has 0 radical (unpaired) electrons. The minimum absolute atomic E-state index is 0.523. The first-order valence-corrected chi connectivity index (χ1v) is 19.8. The largest absolute Gasteiger partial charge is 0.310 e. The Bertz CT molecular complexity index is 2900. The van der Waals surface area contributed by atoms with Crippen LogP contribution >= 0.6 is 0 Å². The Hall–Kier alpha value is -7.22. The molecule has 8 aromatic carbocycles. The first-order chi connectivity index (χ1) is 28.2. The molecular weight excluding hydrogens is 687 g/mol. The van der Waals surface area contributed by atoms with Gasteiger partial charge >= 0.3 is 0 Å². The van der Waals surface area contributed by atoms with Gasteiger partial charge in [-0.05, 0) is 103 Å². The minimum Gasteiger partial charge on any atom is -0.310 e. The fourth-order valence-corrected chi connectivity index (χ4v) is 10.7. The molecule has 0 bridgehead atoms. The zero-order valence-corrected chi connectivity index (χ0v) is 31.6. The Morgan fingerprint density at radius 3 is 1.47 bits per heavy atom. The number of hydrogen-bond donors (Lipinski definition) is 0. The molecule has 0 aliphatic heterocycles. The van der Waals surface area contributed by atoms with Crippen LogP contribution in [0.25, 0.3) is 27.8 Å². The second-order valence-corrected chi connectivity index (χ2v) is 15.2. The Morgan fingerprint density at radius 2 is 0.860 bits per heavy atom. The maximum absolute atomic E-state index is 4.49. The summed E-state index contributed by atoms with van der Waals surface area (Å²) in [4.78, 5) is 2.49. The van der Waals surface area contributed by atoms with E-state index < -0.39 is 10.8 Å². The zero-order valence-electron chi connectivity index (χ0n) is 31.6. The summed E-state index contributed by atoms with van der Waals surface area (Å²) < 4.78 is 0. The molecule has 0 saturated heterocycles. The van der Waals surface area contributed by atoms with Crippen LogP contribution in [0.4, 0.5) is 17.1 Å². The number of hydrogen-bond acceptors (Lipinski definition) is 1. The van der Waals surface area contributed by atoms with Crippen molar-refractivity contribution in [2.24, 2.45) is 0 Å². The lowest BCUT2D eigenvalue weighted by Crippen LogP contribution is -2.30. The third kappa shape index (κ3) is 4.34. The summed E-state index contributed by atoms with van der Waals surface area (Å²) in [6, 6.07) is 73.8. The average Bonchev–Trinajstić information content (AvgIpc) is 3.87. The Kier molecular flexibility index (Phi) is 7.36. The standard InChI is InChI=1S/C56H39N/c1-3-42-43-27-14-18-32-50(43)56(48(42)4-2)51-33-19-16-29-45(51)47-30-20-34-53(54(47)56)57(40-25-12-7-13-26-40)41-35-36-46-44-28-15-17-31-49(44)55(52(46)37-41,38-21-8-5-9-22-38)39-23-10-6-11-24-39/h3-37H,1-2H2. The summed E-state index contributed by atoms with van der Waals surface area (Å²) in [7, 11) is 0. The molecule has 1 nitrogen and oxygen atoms in total. The van der Waals surface area contributed by atoms with E-state index in [-0.39, 0.29) is 0 Å². The van der Waals surface area contributed by atoms with Crippen molar-refractivity contribution in [1.29, 1.82) is 0 Å². The van der Waals surface area contributed by atoms with Gasteiger partial charge in [-0.15, -0.1) is 0 Å². The lowest BCUT2D eigenvalue weighted by atomic mass is 9.67. The van der Waals surface area contributed by atoms with Crippen LogP contribution in [0.2, 0.25) is 0 Å². The second kappa shape index (κ2) is 12.7. The molecule has 1 spiro atoms. The van der Waals surface area contributed by atoms with Crippen LogP contribution in [0.15, 0.2) is 231 Å². The SMILES string of the molecule is C=CC1=C(C=C)C2(c3ccccc31)c1ccccc1-c1cccc(N(c3ccccc3)c3ccc4c(c3)C(c3ccccc3)(c3ccccc3)c3ccccc3-4)c12. The van der Waals surface area contributed by atoms with E-state index >= 15 is 0 Å². The highest BCUT2D eigenvalue weighted by Crippen LogP contribution is 2.65. The van der Waals surface area contributed by atoms with Crippen molar-refractivity contribution >= 4 is 22.6 Å². The maximum Gasteiger partial charge on any atom is 0.0745 e. The molecule has 0 heterocycles. The normalized spacial score (nSPS) is 16.4. The summed E-state index contributed by atoms with van der Waals surface area (Å²) in [6.45, 7) is 8.85. The van der Waals surface area contributed by atoms with E-state index in [9.17, 15) is 0 Å². The van der Waals surface area contributed by atoms with Gasteiger partial charge in [0.25, 0.3) is 0 Å². The van der Waals surface area contributed by atoms with Crippen LogP contribution in [0.1, 0.15) is 44.5 Å². The highest BCUT2D eigenvalue weighted by Gasteiger charge is 2.53. The van der Waals surface area contributed by atoms with Crippen LogP contribution in [0.5, 0.6) is 0 Å². The molecule has 0 saturated carbocycles. The summed E-state index contributed by atoms with van der Waals surface area (Å²) >= 11 is 0. The van der Waals surface area contributed by atoms with Crippen molar-refractivity contribution in [1.82, 2.24) is 0 Å². The van der Waals surface area contributed by atoms with E-state index in [4.69, 9.17) is 0 Å². The molecule has 1 heteroatoms. The summed E-state index contributed by atoms with van der Waals surface area (Å²) in [5, 5.41) is 0. The molecule has 8 aromatic rings. The monoisotopic (exact) mass is 725 g/mol. The van der Waals surface area contributed by atoms with Crippen LogP contribution in [-0.4, -0.2) is 0 Å². The summed E-state index contributed by atoms with van der Waals surface area (Å²) in [6.07, 6.45) is 4.10.